The van der Waals surface area contributed by atoms with Crippen molar-refractivity contribution in [2.75, 3.05) is 33.2 Å². The first-order chi connectivity index (χ1) is 12.6. The molecule has 0 amide bonds. The second-order valence-electron chi connectivity index (χ2n) is 6.96. The molecule has 1 aliphatic heterocycles. The summed E-state index contributed by atoms with van der Waals surface area (Å²) >= 11 is 12.4. The molecule has 1 fully saturated rings. The average molecular weight is 389 g/mol. The lowest BCUT2D eigenvalue weighted by molar-refractivity contribution is 0.144. The largest absolute Gasteiger partial charge is 0.322 e. The van der Waals surface area contributed by atoms with Gasteiger partial charge < -0.3 is 9.47 Å². The van der Waals surface area contributed by atoms with Gasteiger partial charge in [-0.2, -0.15) is 0 Å². The van der Waals surface area contributed by atoms with E-state index in [4.69, 9.17) is 28.2 Å². The Morgan fingerprint density at radius 1 is 0.923 bits per heavy atom. The number of halogens is 2. The van der Waals surface area contributed by atoms with Crippen LogP contribution in [0.5, 0.6) is 0 Å². The number of nitrogens with zero attached hydrogens (tertiary/aromatic N) is 4. The summed E-state index contributed by atoms with van der Waals surface area (Å²) in [5, 5.41) is 1.49. The fourth-order valence-corrected chi connectivity index (χ4v) is 3.85. The second-order valence-corrected chi connectivity index (χ2v) is 7.83. The molecule has 0 unspecified atom stereocenters. The molecule has 1 aromatic heterocycles. The van der Waals surface area contributed by atoms with E-state index in [1.54, 1.807) is 0 Å². The number of rotatable bonds is 4. The molecule has 0 saturated carbocycles. The van der Waals surface area contributed by atoms with E-state index in [1.807, 2.05) is 36.4 Å². The first kappa shape index (κ1) is 17.8. The van der Waals surface area contributed by atoms with Gasteiger partial charge in [0.05, 0.1) is 17.6 Å². The Morgan fingerprint density at radius 2 is 1.69 bits per heavy atom. The van der Waals surface area contributed by atoms with Gasteiger partial charge in [-0.05, 0) is 42.9 Å². The van der Waals surface area contributed by atoms with Gasteiger partial charge >= 0.3 is 0 Å². The SMILES string of the molecule is CN1CCN(Cc2nc3ccc(Cl)cc3n2Cc2cccc(Cl)c2)CC1. The molecule has 3 aromatic rings. The summed E-state index contributed by atoms with van der Waals surface area (Å²) < 4.78 is 2.27. The van der Waals surface area contributed by atoms with Crippen LogP contribution in [0.3, 0.4) is 0 Å². The maximum atomic E-state index is 6.26. The van der Waals surface area contributed by atoms with E-state index in [0.29, 0.717) is 0 Å². The van der Waals surface area contributed by atoms with Crippen LogP contribution in [0, 0.1) is 0 Å². The zero-order valence-electron chi connectivity index (χ0n) is 14.8. The number of fused-ring (bicyclic) bond motifs is 1. The number of hydrogen-bond acceptors (Lipinski definition) is 3. The summed E-state index contributed by atoms with van der Waals surface area (Å²) in [5.41, 5.74) is 3.22. The molecule has 6 heteroatoms. The molecule has 0 N–H and O–H groups in total. The Morgan fingerprint density at radius 3 is 2.46 bits per heavy atom. The van der Waals surface area contributed by atoms with Gasteiger partial charge in [-0.25, -0.2) is 4.98 Å². The summed E-state index contributed by atoms with van der Waals surface area (Å²) in [5.74, 6) is 1.08. The van der Waals surface area contributed by atoms with Gasteiger partial charge in [0.2, 0.25) is 0 Å². The van der Waals surface area contributed by atoms with Crippen molar-refractivity contribution in [2.24, 2.45) is 0 Å². The molecule has 0 radical (unpaired) electrons. The Balaban J connectivity index is 1.69. The third-order valence-corrected chi connectivity index (χ3v) is 5.45. The highest BCUT2D eigenvalue weighted by atomic mass is 35.5. The highest BCUT2D eigenvalue weighted by molar-refractivity contribution is 6.31. The predicted octanol–water partition coefficient (Wildman–Crippen LogP) is 4.14. The number of imidazole rings is 1. The van der Waals surface area contributed by atoms with Crippen LogP contribution in [0.1, 0.15) is 11.4 Å². The highest BCUT2D eigenvalue weighted by Crippen LogP contribution is 2.24. The summed E-state index contributed by atoms with van der Waals surface area (Å²) in [4.78, 5) is 9.74. The van der Waals surface area contributed by atoms with Crippen molar-refractivity contribution in [1.82, 2.24) is 19.4 Å². The van der Waals surface area contributed by atoms with Crippen molar-refractivity contribution in [2.45, 2.75) is 13.1 Å². The van der Waals surface area contributed by atoms with E-state index in [0.717, 1.165) is 71.7 Å². The maximum Gasteiger partial charge on any atom is 0.124 e. The zero-order chi connectivity index (χ0) is 18.1. The normalized spacial score (nSPS) is 16.4. The van der Waals surface area contributed by atoms with Crippen molar-refractivity contribution >= 4 is 34.2 Å². The van der Waals surface area contributed by atoms with Gasteiger partial charge in [0.25, 0.3) is 0 Å². The fourth-order valence-electron chi connectivity index (χ4n) is 3.47. The van der Waals surface area contributed by atoms with Gasteiger partial charge in [-0.15, -0.1) is 0 Å². The molecule has 26 heavy (non-hydrogen) atoms. The zero-order valence-corrected chi connectivity index (χ0v) is 16.3. The number of likely N-dealkylation sites (N-methyl/N-ethyl adjacent to an activating group) is 1. The average Bonchev–Trinajstić information content (AvgIpc) is 2.94. The molecule has 0 spiro atoms. The minimum atomic E-state index is 0.732. The van der Waals surface area contributed by atoms with E-state index < -0.39 is 0 Å². The Labute approximate surface area is 163 Å². The van der Waals surface area contributed by atoms with Gasteiger partial charge in [-0.3, -0.25) is 4.90 Å². The van der Waals surface area contributed by atoms with Gasteiger partial charge in [-0.1, -0.05) is 35.3 Å². The molecule has 2 aromatic carbocycles. The summed E-state index contributed by atoms with van der Waals surface area (Å²) in [7, 11) is 2.17. The number of piperazine rings is 1. The summed E-state index contributed by atoms with van der Waals surface area (Å²) in [6.07, 6.45) is 0. The van der Waals surface area contributed by atoms with Crippen LogP contribution in [-0.4, -0.2) is 52.6 Å². The third kappa shape index (κ3) is 3.89. The third-order valence-electron chi connectivity index (χ3n) is 4.98. The van der Waals surface area contributed by atoms with E-state index in [9.17, 15) is 0 Å². The molecule has 4 rings (SSSR count). The van der Waals surface area contributed by atoms with Crippen molar-refractivity contribution in [3.8, 4) is 0 Å². The Kier molecular flexibility index (Phi) is 5.18. The minimum Gasteiger partial charge on any atom is -0.322 e. The molecule has 2 heterocycles. The summed E-state index contributed by atoms with van der Waals surface area (Å²) in [6, 6.07) is 13.9. The van der Waals surface area contributed by atoms with Crippen LogP contribution in [-0.2, 0) is 13.1 Å². The molecule has 0 aliphatic carbocycles. The van der Waals surface area contributed by atoms with E-state index in [-0.39, 0.29) is 0 Å². The molecule has 136 valence electrons. The maximum absolute atomic E-state index is 6.26. The standard InChI is InChI=1S/C20H22Cl2N4/c1-24-7-9-25(10-8-24)14-20-23-18-6-5-17(22)12-19(18)26(20)13-15-3-2-4-16(21)11-15/h2-6,11-12H,7-10,13-14H2,1H3. The van der Waals surface area contributed by atoms with Crippen LogP contribution < -0.4 is 0 Å². The highest BCUT2D eigenvalue weighted by Gasteiger charge is 2.18. The molecule has 0 bridgehead atoms. The van der Waals surface area contributed by atoms with Crippen LogP contribution in [0.25, 0.3) is 11.0 Å². The lowest BCUT2D eigenvalue weighted by atomic mass is 10.2. The van der Waals surface area contributed by atoms with E-state index >= 15 is 0 Å². The number of aromatic nitrogens is 2. The molecular formula is C20H22Cl2N4. The molecule has 1 aliphatic rings. The second kappa shape index (κ2) is 7.57. The monoisotopic (exact) mass is 388 g/mol. The smallest absolute Gasteiger partial charge is 0.124 e. The molecule has 4 nitrogen and oxygen atoms in total. The summed E-state index contributed by atoms with van der Waals surface area (Å²) in [6.45, 7) is 5.91. The van der Waals surface area contributed by atoms with Crippen LogP contribution in [0.2, 0.25) is 10.0 Å². The van der Waals surface area contributed by atoms with Crippen molar-refractivity contribution in [1.29, 1.82) is 0 Å². The van der Waals surface area contributed by atoms with Crippen LogP contribution >= 0.6 is 23.2 Å². The van der Waals surface area contributed by atoms with Crippen molar-refractivity contribution in [3.63, 3.8) is 0 Å². The predicted molar refractivity (Wildman–Crippen MR) is 108 cm³/mol. The van der Waals surface area contributed by atoms with Gasteiger partial charge in [0.15, 0.2) is 0 Å². The lowest BCUT2D eigenvalue weighted by Gasteiger charge is -2.32. The Bertz CT molecular complexity index is 913. The van der Waals surface area contributed by atoms with Crippen LogP contribution in [0.4, 0.5) is 0 Å². The molecule has 0 atom stereocenters. The first-order valence-electron chi connectivity index (χ1n) is 8.88. The van der Waals surface area contributed by atoms with E-state index in [2.05, 4.69) is 27.5 Å². The number of hydrogen-bond donors (Lipinski definition) is 0. The van der Waals surface area contributed by atoms with Gasteiger partial charge in [0, 0.05) is 42.8 Å². The van der Waals surface area contributed by atoms with Crippen molar-refractivity contribution in [3.05, 3.63) is 63.9 Å². The topological polar surface area (TPSA) is 24.3 Å². The number of benzene rings is 2. The van der Waals surface area contributed by atoms with Crippen molar-refractivity contribution < 1.29 is 0 Å². The minimum absolute atomic E-state index is 0.732. The molecular weight excluding hydrogens is 367 g/mol. The Hall–Kier alpha value is -1.59. The quantitative estimate of drug-likeness (QED) is 0.671. The van der Waals surface area contributed by atoms with Crippen LogP contribution in [0.15, 0.2) is 42.5 Å². The van der Waals surface area contributed by atoms with Gasteiger partial charge in [0.1, 0.15) is 5.82 Å². The lowest BCUT2D eigenvalue weighted by Crippen LogP contribution is -2.44. The first-order valence-corrected chi connectivity index (χ1v) is 9.64. The fraction of sp³-hybridized carbons (Fsp3) is 0.350. The van der Waals surface area contributed by atoms with E-state index in [1.165, 1.54) is 0 Å². The molecule has 1 saturated heterocycles.